The van der Waals surface area contributed by atoms with Gasteiger partial charge in [0, 0.05) is 24.5 Å². The molecule has 1 rings (SSSR count). The minimum absolute atomic E-state index is 0.534. The van der Waals surface area contributed by atoms with Gasteiger partial charge in [0.25, 0.3) is 0 Å². The third-order valence-corrected chi connectivity index (χ3v) is 2.59. The van der Waals surface area contributed by atoms with E-state index in [1.54, 1.807) is 53.1 Å². The number of carbonyl (C=O) groups excluding carboxylic acids is 2. The molecule has 1 aromatic rings. The van der Waals surface area contributed by atoms with Crippen LogP contribution in [-0.4, -0.2) is 34.9 Å². The van der Waals surface area contributed by atoms with E-state index >= 15 is 0 Å². The van der Waals surface area contributed by atoms with Gasteiger partial charge in [0.05, 0.1) is 0 Å². The molecule has 104 valence electrons. The quantitative estimate of drug-likeness (QED) is 0.787. The van der Waals surface area contributed by atoms with E-state index in [1.807, 2.05) is 0 Å². The molecule has 0 aliphatic rings. The lowest BCUT2D eigenvalue weighted by atomic mass is 10.1. The molecule has 19 heavy (non-hydrogen) atoms. The molecule has 5 nitrogen and oxygen atoms in total. The Labute approximate surface area is 113 Å². The van der Waals surface area contributed by atoms with Gasteiger partial charge in [0.2, 0.25) is 0 Å². The van der Waals surface area contributed by atoms with Crippen LogP contribution in [0.1, 0.15) is 38.1 Å². The minimum Gasteiger partial charge on any atom is -0.444 e. The Balaban J connectivity index is 2.95. The van der Waals surface area contributed by atoms with Crippen molar-refractivity contribution in [1.29, 1.82) is 0 Å². The van der Waals surface area contributed by atoms with Crippen LogP contribution >= 0.6 is 0 Å². The summed E-state index contributed by atoms with van der Waals surface area (Å²) >= 11 is 0. The third-order valence-electron chi connectivity index (χ3n) is 2.59. The summed E-state index contributed by atoms with van der Waals surface area (Å²) < 4.78 is 5.25. The monoisotopic (exact) mass is 264 g/mol. The summed E-state index contributed by atoms with van der Waals surface area (Å²) in [7, 11) is 1.54. The maximum absolute atomic E-state index is 12.0. The Morgan fingerprint density at radius 1 is 1.47 bits per heavy atom. The zero-order valence-corrected chi connectivity index (χ0v) is 12.0. The predicted molar refractivity (Wildman–Crippen MR) is 71.8 cm³/mol. The van der Waals surface area contributed by atoms with Gasteiger partial charge in [-0.25, -0.2) is 4.79 Å². The lowest BCUT2D eigenvalue weighted by molar-refractivity contribution is -0.112. The van der Waals surface area contributed by atoms with E-state index in [-0.39, 0.29) is 0 Å². The molecule has 0 fully saturated rings. The Bertz CT molecular complexity index is 466. The second-order valence-electron chi connectivity index (χ2n) is 5.35. The van der Waals surface area contributed by atoms with Gasteiger partial charge in [-0.05, 0) is 33.8 Å². The molecule has 0 saturated heterocycles. The molecule has 0 aromatic carbocycles. The van der Waals surface area contributed by atoms with Crippen molar-refractivity contribution in [2.24, 2.45) is 0 Å². The molecule has 1 amide bonds. The van der Waals surface area contributed by atoms with Crippen molar-refractivity contribution in [3.63, 3.8) is 0 Å². The van der Waals surface area contributed by atoms with Crippen LogP contribution in [0.25, 0.3) is 0 Å². The first-order valence-electron chi connectivity index (χ1n) is 6.09. The number of nitrogens with zero attached hydrogens (tertiary/aromatic N) is 2. The third kappa shape index (κ3) is 4.05. The average Bonchev–Trinajstić information content (AvgIpc) is 2.30. The summed E-state index contributed by atoms with van der Waals surface area (Å²) in [5.41, 5.74) is 0.823. The number of amides is 1. The molecule has 0 saturated carbocycles. The number of hydrogen-bond donors (Lipinski definition) is 0. The van der Waals surface area contributed by atoms with Crippen molar-refractivity contribution in [1.82, 2.24) is 9.88 Å². The van der Waals surface area contributed by atoms with Gasteiger partial charge >= 0.3 is 6.09 Å². The highest BCUT2D eigenvalue weighted by Crippen LogP contribution is 2.21. The molecule has 0 aliphatic carbocycles. The number of aldehydes is 1. The van der Waals surface area contributed by atoms with Crippen molar-refractivity contribution in [2.75, 3.05) is 7.05 Å². The van der Waals surface area contributed by atoms with Gasteiger partial charge in [0.1, 0.15) is 17.9 Å². The van der Waals surface area contributed by atoms with Gasteiger partial charge < -0.3 is 9.53 Å². The van der Waals surface area contributed by atoms with Gasteiger partial charge in [-0.3, -0.25) is 9.88 Å². The Morgan fingerprint density at radius 2 is 2.11 bits per heavy atom. The number of rotatable bonds is 3. The van der Waals surface area contributed by atoms with E-state index in [1.165, 1.54) is 4.90 Å². The first kappa shape index (κ1) is 15.1. The summed E-state index contributed by atoms with van der Waals surface area (Å²) in [6, 6.07) is 2.83. The first-order valence-corrected chi connectivity index (χ1v) is 6.09. The fourth-order valence-electron chi connectivity index (χ4n) is 1.63. The average molecular weight is 264 g/mol. The predicted octanol–water partition coefficient (Wildman–Crippen LogP) is 2.50. The maximum atomic E-state index is 12.0. The Kier molecular flexibility index (Phi) is 4.64. The van der Waals surface area contributed by atoms with E-state index in [4.69, 9.17) is 4.74 Å². The highest BCUT2D eigenvalue weighted by molar-refractivity contribution is 5.74. The molecule has 0 N–H and O–H groups in total. The topological polar surface area (TPSA) is 59.5 Å². The van der Waals surface area contributed by atoms with E-state index in [9.17, 15) is 9.59 Å². The van der Waals surface area contributed by atoms with Crippen molar-refractivity contribution in [2.45, 2.75) is 39.3 Å². The maximum Gasteiger partial charge on any atom is 0.410 e. The Hall–Kier alpha value is -1.91. The fraction of sp³-hybridized carbons (Fsp3) is 0.500. The van der Waals surface area contributed by atoms with Crippen LogP contribution in [0.15, 0.2) is 18.3 Å². The van der Waals surface area contributed by atoms with Gasteiger partial charge in [-0.2, -0.15) is 0 Å². The van der Waals surface area contributed by atoms with Crippen LogP contribution in [-0.2, 0) is 9.53 Å². The highest BCUT2D eigenvalue weighted by Gasteiger charge is 2.27. The zero-order valence-electron chi connectivity index (χ0n) is 12.0. The van der Waals surface area contributed by atoms with E-state index in [0.717, 1.165) is 5.69 Å². The van der Waals surface area contributed by atoms with Crippen molar-refractivity contribution < 1.29 is 14.3 Å². The molecule has 5 heteroatoms. The summed E-state index contributed by atoms with van der Waals surface area (Å²) in [4.78, 5) is 28.7. The molecular weight excluding hydrogens is 244 g/mol. The molecule has 1 aromatic heterocycles. The van der Waals surface area contributed by atoms with Gasteiger partial charge in [-0.15, -0.1) is 0 Å². The summed E-state index contributed by atoms with van der Waals surface area (Å²) in [5.74, 6) is 0. The van der Waals surface area contributed by atoms with E-state index < -0.39 is 17.7 Å². The normalized spacial score (nSPS) is 12.7. The van der Waals surface area contributed by atoms with E-state index in [0.29, 0.717) is 11.8 Å². The van der Waals surface area contributed by atoms with Crippen molar-refractivity contribution >= 4 is 12.4 Å². The van der Waals surface area contributed by atoms with Crippen LogP contribution in [0.5, 0.6) is 0 Å². The molecule has 1 atom stereocenters. The molecule has 1 unspecified atom stereocenters. The number of ether oxygens (including phenoxy) is 1. The molecule has 1 heterocycles. The summed E-state index contributed by atoms with van der Waals surface area (Å²) in [6.45, 7) is 7.15. The fourth-order valence-corrected chi connectivity index (χ4v) is 1.63. The number of aryl methyl sites for hydroxylation is 1. The van der Waals surface area contributed by atoms with Crippen LogP contribution < -0.4 is 0 Å². The minimum atomic E-state index is -0.691. The van der Waals surface area contributed by atoms with Crippen molar-refractivity contribution in [3.05, 3.63) is 29.6 Å². The number of likely N-dealkylation sites (N-methyl/N-ethyl adjacent to an activating group) is 1. The Morgan fingerprint density at radius 3 is 2.58 bits per heavy atom. The SMILES string of the molecule is Cc1ncccc1C(C=O)N(C)C(=O)OC(C)(C)C. The van der Waals surface area contributed by atoms with Gasteiger partial charge in [0.15, 0.2) is 0 Å². The van der Waals surface area contributed by atoms with Crippen molar-refractivity contribution in [3.8, 4) is 0 Å². The molecule has 0 spiro atoms. The molecule has 0 aliphatic heterocycles. The lowest BCUT2D eigenvalue weighted by Gasteiger charge is -2.28. The number of aromatic nitrogens is 1. The van der Waals surface area contributed by atoms with Gasteiger partial charge in [-0.1, -0.05) is 6.07 Å². The summed E-state index contributed by atoms with van der Waals surface area (Å²) in [5, 5.41) is 0. The lowest BCUT2D eigenvalue weighted by Crippen LogP contribution is -2.37. The van der Waals surface area contributed by atoms with Crippen LogP contribution in [0.3, 0.4) is 0 Å². The first-order chi connectivity index (χ1) is 8.76. The molecular formula is C14H20N2O3. The second kappa shape index (κ2) is 5.82. The van der Waals surface area contributed by atoms with Crippen LogP contribution in [0, 0.1) is 6.92 Å². The van der Waals surface area contributed by atoms with Crippen LogP contribution in [0.2, 0.25) is 0 Å². The molecule has 0 bridgehead atoms. The number of hydrogen-bond acceptors (Lipinski definition) is 4. The van der Waals surface area contributed by atoms with Crippen LogP contribution in [0.4, 0.5) is 4.79 Å². The summed E-state index contributed by atoms with van der Waals surface area (Å²) in [6.07, 6.45) is 1.83. The second-order valence-corrected chi connectivity index (χ2v) is 5.35. The zero-order chi connectivity index (χ0) is 14.6. The smallest absolute Gasteiger partial charge is 0.410 e. The molecule has 0 radical (unpaired) electrons. The standard InChI is InChI=1S/C14H20N2O3/c1-10-11(7-6-8-15-10)12(9-17)16(5)13(18)19-14(2,3)4/h6-9,12H,1-5H3. The highest BCUT2D eigenvalue weighted by atomic mass is 16.6. The number of carbonyl (C=O) groups is 2. The number of pyridine rings is 1. The largest absolute Gasteiger partial charge is 0.444 e. The van der Waals surface area contributed by atoms with E-state index in [2.05, 4.69) is 4.98 Å².